The number of carbonyl (C=O) groups is 1. The molecule has 0 amide bonds. The van der Waals surface area contributed by atoms with Crippen LogP contribution in [0.2, 0.25) is 10.0 Å². The maximum absolute atomic E-state index is 11.8. The fourth-order valence-corrected chi connectivity index (χ4v) is 7.57. The summed E-state index contributed by atoms with van der Waals surface area (Å²) in [6.07, 6.45) is 7.97. The largest absolute Gasteiger partial charge is 0.488 e. The molecule has 0 saturated carbocycles. The minimum Gasteiger partial charge on any atom is -0.488 e. The van der Waals surface area contributed by atoms with Gasteiger partial charge in [-0.1, -0.05) is 59.6 Å². The molecule has 0 spiro atoms. The molecule has 0 saturated heterocycles. The van der Waals surface area contributed by atoms with E-state index in [0.717, 1.165) is 62.3 Å². The topological polar surface area (TPSA) is 189 Å². The number of aromatic nitrogens is 2. The first-order valence-corrected chi connectivity index (χ1v) is 21.2. The molecule has 0 aliphatic carbocycles. The lowest BCUT2D eigenvalue weighted by atomic mass is 9.92. The molecule has 0 radical (unpaired) electrons. The molecule has 330 valence electrons. The maximum Gasteiger partial charge on any atom is 0.320 e. The van der Waals surface area contributed by atoms with Gasteiger partial charge in [0, 0.05) is 89.7 Å². The van der Waals surface area contributed by atoms with Gasteiger partial charge in [-0.25, -0.2) is 0 Å². The van der Waals surface area contributed by atoms with Gasteiger partial charge < -0.3 is 45.0 Å². The van der Waals surface area contributed by atoms with Crippen LogP contribution >= 0.6 is 23.2 Å². The van der Waals surface area contributed by atoms with Crippen molar-refractivity contribution in [3.05, 3.63) is 163 Å². The molecule has 1 aliphatic heterocycles. The van der Waals surface area contributed by atoms with Crippen molar-refractivity contribution in [3.63, 3.8) is 0 Å². The van der Waals surface area contributed by atoms with Crippen LogP contribution < -0.4 is 24.3 Å². The molecular weight excluding hydrogens is 857 g/mol. The molecule has 7 rings (SSSR count). The van der Waals surface area contributed by atoms with Crippen LogP contribution in [0.25, 0.3) is 11.1 Å². The quantitative estimate of drug-likeness (QED) is 0.0411. The fraction of sp³-hybridized carbons (Fsp3) is 0.245. The number of aliphatic hydroxyl groups excluding tert-OH is 2. The summed E-state index contributed by atoms with van der Waals surface area (Å²) in [5.74, 6) is 0.575. The van der Waals surface area contributed by atoms with Crippen LogP contribution in [-0.2, 0) is 44.4 Å². The van der Waals surface area contributed by atoms with Gasteiger partial charge in [0.2, 0.25) is 0 Å². The van der Waals surface area contributed by atoms with Gasteiger partial charge in [0.25, 0.3) is 0 Å². The van der Waals surface area contributed by atoms with Crippen LogP contribution in [0.1, 0.15) is 62.1 Å². The summed E-state index contributed by atoms with van der Waals surface area (Å²) in [7, 11) is 0. The summed E-state index contributed by atoms with van der Waals surface area (Å²) >= 11 is 13.4. The Morgan fingerprint density at radius 3 is 1.83 bits per heavy atom. The molecule has 1 atom stereocenters. The molecule has 13 nitrogen and oxygen atoms in total. The number of benzene rings is 4. The number of aliphatic imine (C=N–C) groups is 1. The second-order valence-corrected chi connectivity index (χ2v) is 16.0. The lowest BCUT2D eigenvalue weighted by Gasteiger charge is -2.19. The molecule has 6 aromatic rings. The summed E-state index contributed by atoms with van der Waals surface area (Å²) in [4.78, 5) is 24.5. The Morgan fingerprint density at radius 1 is 0.734 bits per heavy atom. The van der Waals surface area contributed by atoms with E-state index in [1.807, 2.05) is 37.3 Å². The molecule has 0 fully saturated rings. The second kappa shape index (κ2) is 21.3. The lowest BCUT2D eigenvalue weighted by Crippen LogP contribution is -2.37. The highest BCUT2D eigenvalue weighted by Crippen LogP contribution is 2.37. The lowest BCUT2D eigenvalue weighted by molar-refractivity contribution is -0.140. The Hall–Kier alpha value is -6.35. The predicted octanol–water partition coefficient (Wildman–Crippen LogP) is 8.60. The third kappa shape index (κ3) is 11.4. The van der Waals surface area contributed by atoms with Gasteiger partial charge in [0.05, 0.1) is 28.9 Å². The highest BCUT2D eigenvalue weighted by atomic mass is 35.5. The summed E-state index contributed by atoms with van der Waals surface area (Å²) < 4.78 is 25.0. The Kier molecular flexibility index (Phi) is 15.2. The third-order valence-electron chi connectivity index (χ3n) is 10.8. The number of rotatable bonds is 22. The van der Waals surface area contributed by atoms with Gasteiger partial charge in [-0.3, -0.25) is 19.8 Å². The number of aliphatic hydroxyl groups is 2. The number of nitrogens with zero attached hydrogens (tertiary/aromatic N) is 3. The average molecular weight is 905 g/mol. The Labute approximate surface area is 380 Å². The Bertz CT molecular complexity index is 2690. The first-order chi connectivity index (χ1) is 31.0. The molecule has 4 aromatic carbocycles. The van der Waals surface area contributed by atoms with E-state index in [1.165, 1.54) is 6.21 Å². The molecular formula is C49H47Cl2N5O8. The van der Waals surface area contributed by atoms with E-state index < -0.39 is 12.0 Å². The molecule has 0 unspecified atom stereocenters. The van der Waals surface area contributed by atoms with Crippen molar-refractivity contribution in [1.82, 2.24) is 15.3 Å². The number of hydrogen-bond donors (Lipinski definition) is 5. The Balaban J connectivity index is 1.06. The Morgan fingerprint density at radius 2 is 1.28 bits per heavy atom. The van der Waals surface area contributed by atoms with Crippen LogP contribution in [-0.4, -0.2) is 62.4 Å². The monoisotopic (exact) mass is 903 g/mol. The van der Waals surface area contributed by atoms with E-state index in [9.17, 15) is 20.1 Å². The molecule has 3 heterocycles. The van der Waals surface area contributed by atoms with Crippen molar-refractivity contribution >= 4 is 41.1 Å². The second-order valence-electron chi connectivity index (χ2n) is 15.2. The molecule has 64 heavy (non-hydrogen) atoms. The number of nitrogens with one attached hydrogen (secondary N) is 2. The zero-order chi connectivity index (χ0) is 45.2. The number of halogens is 2. The summed E-state index contributed by atoms with van der Waals surface area (Å²) in [6.45, 7) is 5.14. The van der Waals surface area contributed by atoms with E-state index in [-0.39, 0.29) is 52.6 Å². The van der Waals surface area contributed by atoms with Gasteiger partial charge in [-0.15, -0.1) is 0 Å². The molecule has 15 heteroatoms. The molecule has 5 N–H and O–H groups in total. The summed E-state index contributed by atoms with van der Waals surface area (Å²) in [5.41, 5.74) is 11.3. The van der Waals surface area contributed by atoms with Crippen molar-refractivity contribution in [3.8, 4) is 34.1 Å². The number of pyridine rings is 2. The minimum atomic E-state index is -1.09. The number of carboxylic acid groups (broad SMARTS) is 1. The normalized spacial score (nSPS) is 12.3. The van der Waals surface area contributed by atoms with E-state index in [1.54, 1.807) is 55.1 Å². The van der Waals surface area contributed by atoms with Gasteiger partial charge in [-0.05, 0) is 77.9 Å². The average Bonchev–Trinajstić information content (AvgIpc) is 4.16. The van der Waals surface area contributed by atoms with Crippen molar-refractivity contribution in [2.75, 3.05) is 13.2 Å². The maximum atomic E-state index is 11.8. The zero-order valence-corrected chi connectivity index (χ0v) is 36.7. The van der Waals surface area contributed by atoms with Crippen LogP contribution in [0.15, 0.2) is 103 Å². The van der Waals surface area contributed by atoms with Gasteiger partial charge in [0.1, 0.15) is 55.5 Å². The molecule has 1 aliphatic rings. The molecule has 2 aromatic heterocycles. The number of ether oxygens (including phenoxy) is 4. The van der Waals surface area contributed by atoms with Crippen molar-refractivity contribution in [1.29, 1.82) is 5.41 Å². The van der Waals surface area contributed by atoms with Gasteiger partial charge >= 0.3 is 5.97 Å². The van der Waals surface area contributed by atoms with E-state index in [0.29, 0.717) is 49.7 Å². The van der Waals surface area contributed by atoms with E-state index in [4.69, 9.17) is 47.6 Å². The smallest absolute Gasteiger partial charge is 0.320 e. The third-order valence-corrected chi connectivity index (χ3v) is 11.4. The zero-order valence-electron chi connectivity index (χ0n) is 35.2. The minimum absolute atomic E-state index is 0.0251. The molecule has 0 bridgehead atoms. The number of aliphatic carboxylic acids is 1. The fourth-order valence-electron chi connectivity index (χ4n) is 7.09. The number of carboxylic acids is 1. The van der Waals surface area contributed by atoms with Gasteiger partial charge in [-0.2, -0.15) is 0 Å². The van der Waals surface area contributed by atoms with Crippen LogP contribution in [0.3, 0.4) is 0 Å². The van der Waals surface area contributed by atoms with Crippen LogP contribution in [0, 0.1) is 19.3 Å². The van der Waals surface area contributed by atoms with E-state index in [2.05, 4.69) is 39.3 Å². The van der Waals surface area contributed by atoms with Crippen molar-refractivity contribution in [2.45, 2.75) is 65.9 Å². The van der Waals surface area contributed by atoms with Crippen molar-refractivity contribution in [2.24, 2.45) is 4.99 Å². The van der Waals surface area contributed by atoms with Crippen LogP contribution in [0.5, 0.6) is 23.0 Å². The van der Waals surface area contributed by atoms with Crippen LogP contribution in [0.4, 0.5) is 0 Å². The van der Waals surface area contributed by atoms with Gasteiger partial charge in [0.15, 0.2) is 0 Å². The summed E-state index contributed by atoms with van der Waals surface area (Å²) in [6, 6.07) is 21.6. The predicted molar refractivity (Wildman–Crippen MR) is 245 cm³/mol. The summed E-state index contributed by atoms with van der Waals surface area (Å²) in [5, 5.41) is 40.3. The first kappa shape index (κ1) is 45.7. The first-order valence-electron chi connectivity index (χ1n) is 20.5. The highest BCUT2D eigenvalue weighted by Gasteiger charge is 2.20. The van der Waals surface area contributed by atoms with E-state index >= 15 is 0 Å². The van der Waals surface area contributed by atoms with Crippen molar-refractivity contribution < 1.29 is 39.1 Å². The SMILES string of the molecule is Cc1c(COc2cc(OCc3cncc(C4=NC4)c3)c(CO)cc2Cl)cccc1-c1cccc(COc2cc(OCc3cncc(C=N)c3)c(CN[C@@H](CCO)C(=O)O)cc2Cl)c1C. The number of hydrogen-bond acceptors (Lipinski definition) is 12. The standard InChI is InChI=1S/C49H47Cl2N5O8/c1-29-34(27-63-47-15-45(61-25-32-11-31(17-52)18-53-19-32)37(13-41(47)50)22-55-43(9-10-57)49(59)60)5-3-7-39(29)40-8-4-6-35(30(40)2)28-64-48-16-46(38(24-58)14-42(48)51)62-26-33-12-36(21-54-20-33)44-23-56-44/h3-8,11-21,43,52,55,57-58H,9-10,22-28H2,1-2H3,(H,59,60)/t43-/m0/s1. The highest BCUT2D eigenvalue weighted by molar-refractivity contribution is 6.32.